The van der Waals surface area contributed by atoms with E-state index in [1.54, 1.807) is 18.2 Å². The second-order valence-corrected chi connectivity index (χ2v) is 5.86. The van der Waals surface area contributed by atoms with Gasteiger partial charge in [-0.1, -0.05) is 12.1 Å². The second-order valence-electron chi connectivity index (χ2n) is 5.86. The third-order valence-electron chi connectivity index (χ3n) is 3.82. The number of methoxy groups -OCH3 is 1. The van der Waals surface area contributed by atoms with E-state index in [2.05, 4.69) is 4.74 Å². The van der Waals surface area contributed by atoms with Gasteiger partial charge in [0.25, 0.3) is 0 Å². The molecule has 0 bridgehead atoms. The molecule has 0 saturated carbocycles. The summed E-state index contributed by atoms with van der Waals surface area (Å²) in [6.07, 6.45) is 0. The summed E-state index contributed by atoms with van der Waals surface area (Å²) < 4.78 is 34.3. The Kier molecular flexibility index (Phi) is 6.43. The van der Waals surface area contributed by atoms with Gasteiger partial charge in [-0.15, -0.1) is 0 Å². The van der Waals surface area contributed by atoms with Crippen molar-refractivity contribution in [3.05, 3.63) is 82.7 Å². The molecule has 8 nitrogen and oxygen atoms in total. The summed E-state index contributed by atoms with van der Waals surface area (Å²) >= 11 is 0. The van der Waals surface area contributed by atoms with E-state index in [1.165, 1.54) is 55.6 Å². The lowest BCUT2D eigenvalue weighted by atomic mass is 10.2. The van der Waals surface area contributed by atoms with E-state index in [4.69, 9.17) is 14.2 Å². The van der Waals surface area contributed by atoms with Gasteiger partial charge in [0.05, 0.1) is 12.0 Å². The zero-order valence-electron chi connectivity index (χ0n) is 15.7. The number of nitro benzene ring substituents is 1. The van der Waals surface area contributed by atoms with Crippen LogP contribution in [0.2, 0.25) is 0 Å². The van der Waals surface area contributed by atoms with Crippen LogP contribution in [0.15, 0.2) is 66.7 Å². The number of nitro groups is 1. The van der Waals surface area contributed by atoms with Crippen molar-refractivity contribution in [1.29, 1.82) is 0 Å². The smallest absolute Gasteiger partial charge is 0.343 e. The molecule has 3 aromatic carbocycles. The van der Waals surface area contributed by atoms with Crippen molar-refractivity contribution in [3.63, 3.8) is 0 Å². The second kappa shape index (κ2) is 9.37. The molecule has 0 atom stereocenters. The van der Waals surface area contributed by atoms with Crippen molar-refractivity contribution >= 4 is 11.7 Å². The molecule has 0 spiro atoms. The number of halogens is 1. The summed E-state index contributed by atoms with van der Waals surface area (Å²) in [5.41, 5.74) is -0.302. The summed E-state index contributed by atoms with van der Waals surface area (Å²) in [7, 11) is 1.23. The van der Waals surface area contributed by atoms with Gasteiger partial charge in [-0.3, -0.25) is 10.1 Å². The van der Waals surface area contributed by atoms with Gasteiger partial charge in [-0.2, -0.15) is 0 Å². The quantitative estimate of drug-likeness (QED) is 0.295. The van der Waals surface area contributed by atoms with Crippen molar-refractivity contribution < 1.29 is 33.1 Å². The van der Waals surface area contributed by atoms with E-state index in [1.807, 2.05) is 0 Å². The maximum absolute atomic E-state index is 13.1. The topological polar surface area (TPSA) is 97.1 Å². The average molecular weight is 413 g/mol. The summed E-state index contributed by atoms with van der Waals surface area (Å²) in [5.74, 6) is -0.170. The van der Waals surface area contributed by atoms with Crippen LogP contribution >= 0.6 is 0 Å². The lowest BCUT2D eigenvalue weighted by Gasteiger charge is -2.13. The minimum absolute atomic E-state index is 0.103. The molecule has 0 fully saturated rings. The molecule has 0 aliphatic heterocycles. The number of nitrogens with zero attached hydrogens (tertiary/aromatic N) is 1. The van der Waals surface area contributed by atoms with Gasteiger partial charge in [0, 0.05) is 12.1 Å². The Bertz CT molecular complexity index is 1050. The highest BCUT2D eigenvalue weighted by atomic mass is 19.1. The molecule has 9 heteroatoms. The standard InChI is InChI=1S/C21H16FNO7/c1-27-21(24)13-28-18-4-2-3-5-19(18)30-20-12-16(10-11-17(20)23(25)26)29-15-8-6-14(22)7-9-15/h2-12H,13H2,1H3. The van der Waals surface area contributed by atoms with E-state index >= 15 is 0 Å². The number of carbonyl (C=O) groups is 1. The first-order chi connectivity index (χ1) is 14.5. The van der Waals surface area contributed by atoms with Gasteiger partial charge >= 0.3 is 11.7 Å². The fourth-order valence-electron chi connectivity index (χ4n) is 2.40. The predicted octanol–water partition coefficient (Wildman–Crippen LogP) is 4.87. The minimum Gasteiger partial charge on any atom is -0.478 e. The Labute approximate surface area is 170 Å². The largest absolute Gasteiger partial charge is 0.478 e. The van der Waals surface area contributed by atoms with Gasteiger partial charge < -0.3 is 18.9 Å². The SMILES string of the molecule is COC(=O)COc1ccccc1Oc1cc(Oc2ccc(F)cc2)ccc1[N+](=O)[O-]. The van der Waals surface area contributed by atoms with Crippen LogP contribution in [0.1, 0.15) is 0 Å². The highest BCUT2D eigenvalue weighted by molar-refractivity contribution is 5.71. The Morgan fingerprint density at radius 2 is 1.60 bits per heavy atom. The lowest BCUT2D eigenvalue weighted by Crippen LogP contribution is -2.12. The molecule has 0 aliphatic carbocycles. The number of hydrogen-bond acceptors (Lipinski definition) is 7. The molecule has 0 saturated heterocycles. The van der Waals surface area contributed by atoms with E-state index in [0.717, 1.165) is 0 Å². The maximum Gasteiger partial charge on any atom is 0.343 e. The number of carbonyl (C=O) groups excluding carboxylic acids is 1. The number of para-hydroxylation sites is 2. The van der Waals surface area contributed by atoms with E-state index < -0.39 is 16.7 Å². The number of esters is 1. The van der Waals surface area contributed by atoms with E-state index in [0.29, 0.717) is 5.75 Å². The zero-order valence-corrected chi connectivity index (χ0v) is 15.7. The molecule has 0 heterocycles. The third-order valence-corrected chi connectivity index (χ3v) is 3.82. The van der Waals surface area contributed by atoms with Gasteiger partial charge in [0.2, 0.25) is 5.75 Å². The van der Waals surface area contributed by atoms with Crippen LogP contribution in [0.3, 0.4) is 0 Å². The van der Waals surface area contributed by atoms with Gasteiger partial charge in [0.1, 0.15) is 17.3 Å². The van der Waals surface area contributed by atoms with Crippen molar-refractivity contribution in [2.45, 2.75) is 0 Å². The van der Waals surface area contributed by atoms with Crippen molar-refractivity contribution in [2.24, 2.45) is 0 Å². The molecule has 0 N–H and O–H groups in total. The first-order valence-corrected chi connectivity index (χ1v) is 8.64. The highest BCUT2D eigenvalue weighted by Gasteiger charge is 2.19. The minimum atomic E-state index is -0.602. The highest BCUT2D eigenvalue weighted by Crippen LogP contribution is 2.39. The monoisotopic (exact) mass is 413 g/mol. The Hall–Kier alpha value is -4.14. The summed E-state index contributed by atoms with van der Waals surface area (Å²) in [5, 5.41) is 11.4. The van der Waals surface area contributed by atoms with E-state index in [-0.39, 0.29) is 35.3 Å². The number of hydrogen-bond donors (Lipinski definition) is 0. The number of benzene rings is 3. The fourth-order valence-corrected chi connectivity index (χ4v) is 2.40. The maximum atomic E-state index is 13.1. The van der Waals surface area contributed by atoms with Crippen LogP contribution < -0.4 is 14.2 Å². The fraction of sp³-hybridized carbons (Fsp3) is 0.0952. The molecular weight excluding hydrogens is 397 g/mol. The van der Waals surface area contributed by atoms with Crippen LogP contribution in [0.4, 0.5) is 10.1 Å². The molecule has 3 rings (SSSR count). The summed E-state index contributed by atoms with van der Waals surface area (Å²) in [6.45, 7) is -0.354. The van der Waals surface area contributed by atoms with Crippen molar-refractivity contribution in [2.75, 3.05) is 13.7 Å². The Balaban J connectivity index is 1.88. The molecule has 3 aromatic rings. The van der Waals surface area contributed by atoms with Crippen LogP contribution in [-0.4, -0.2) is 24.6 Å². The molecule has 0 amide bonds. The predicted molar refractivity (Wildman–Crippen MR) is 104 cm³/mol. The van der Waals surface area contributed by atoms with Gasteiger partial charge in [0.15, 0.2) is 18.1 Å². The zero-order chi connectivity index (χ0) is 21.5. The molecule has 0 radical (unpaired) electrons. The van der Waals surface area contributed by atoms with Crippen molar-refractivity contribution in [1.82, 2.24) is 0 Å². The number of rotatable bonds is 8. The molecule has 0 aliphatic rings. The molecular formula is C21H16FNO7. The van der Waals surface area contributed by atoms with Crippen molar-refractivity contribution in [3.8, 4) is 28.7 Å². The molecule has 154 valence electrons. The third kappa shape index (κ3) is 5.22. The van der Waals surface area contributed by atoms with Crippen LogP contribution in [0.25, 0.3) is 0 Å². The van der Waals surface area contributed by atoms with Crippen LogP contribution in [0, 0.1) is 15.9 Å². The Morgan fingerprint density at radius 1 is 0.933 bits per heavy atom. The lowest BCUT2D eigenvalue weighted by molar-refractivity contribution is -0.385. The molecule has 0 unspecified atom stereocenters. The van der Waals surface area contributed by atoms with Crippen LogP contribution in [0.5, 0.6) is 28.7 Å². The first kappa shape index (κ1) is 20.6. The summed E-state index contributed by atoms with van der Waals surface area (Å²) in [4.78, 5) is 22.1. The van der Waals surface area contributed by atoms with Crippen LogP contribution in [-0.2, 0) is 9.53 Å². The van der Waals surface area contributed by atoms with Gasteiger partial charge in [-0.25, -0.2) is 9.18 Å². The molecule has 30 heavy (non-hydrogen) atoms. The average Bonchev–Trinajstić information content (AvgIpc) is 2.74. The van der Waals surface area contributed by atoms with Gasteiger partial charge in [-0.05, 0) is 42.5 Å². The summed E-state index contributed by atoms with van der Waals surface area (Å²) in [6, 6.07) is 15.6. The first-order valence-electron chi connectivity index (χ1n) is 8.64. The Morgan fingerprint density at radius 3 is 2.27 bits per heavy atom. The van der Waals surface area contributed by atoms with E-state index in [9.17, 15) is 19.3 Å². The molecule has 0 aromatic heterocycles. The number of ether oxygens (including phenoxy) is 4. The normalized spacial score (nSPS) is 10.2.